The fourth-order valence-corrected chi connectivity index (χ4v) is 1.44. The molecule has 1 aromatic carbocycles. The lowest BCUT2D eigenvalue weighted by atomic mass is 9.94. The highest BCUT2D eigenvalue weighted by Crippen LogP contribution is 2.24. The third kappa shape index (κ3) is 2.36. The van der Waals surface area contributed by atoms with Crippen molar-refractivity contribution >= 4 is 0 Å². The SMILES string of the molecule is COc1ccc(-c2noc(C(C)(C)CN)n2)cc1. The van der Waals surface area contributed by atoms with Gasteiger partial charge < -0.3 is 15.0 Å². The first kappa shape index (κ1) is 12.6. The minimum absolute atomic E-state index is 0.308. The lowest BCUT2D eigenvalue weighted by Gasteiger charge is -2.15. The average Bonchev–Trinajstić information content (AvgIpc) is 2.89. The Morgan fingerprint density at radius 3 is 2.50 bits per heavy atom. The maximum atomic E-state index is 5.68. The molecule has 0 fully saturated rings. The van der Waals surface area contributed by atoms with Crippen LogP contribution in [-0.4, -0.2) is 23.8 Å². The van der Waals surface area contributed by atoms with Gasteiger partial charge in [0.05, 0.1) is 12.5 Å². The van der Waals surface area contributed by atoms with E-state index < -0.39 is 0 Å². The highest BCUT2D eigenvalue weighted by atomic mass is 16.5. The van der Waals surface area contributed by atoms with Crippen LogP contribution in [0.5, 0.6) is 5.75 Å². The van der Waals surface area contributed by atoms with Gasteiger partial charge in [0.15, 0.2) is 0 Å². The van der Waals surface area contributed by atoms with Gasteiger partial charge in [0.2, 0.25) is 11.7 Å². The molecular formula is C13H17N3O2. The summed E-state index contributed by atoms with van der Waals surface area (Å²) in [5, 5.41) is 3.97. The minimum atomic E-state index is -0.308. The van der Waals surface area contributed by atoms with Gasteiger partial charge in [0.1, 0.15) is 5.75 Å². The molecule has 5 heteroatoms. The summed E-state index contributed by atoms with van der Waals surface area (Å²) in [6.07, 6.45) is 0. The molecule has 2 N–H and O–H groups in total. The van der Waals surface area contributed by atoms with E-state index >= 15 is 0 Å². The predicted octanol–water partition coefficient (Wildman–Crippen LogP) is 1.98. The largest absolute Gasteiger partial charge is 0.497 e. The van der Waals surface area contributed by atoms with Crippen molar-refractivity contribution in [3.05, 3.63) is 30.2 Å². The number of hydrogen-bond acceptors (Lipinski definition) is 5. The average molecular weight is 247 g/mol. The number of aromatic nitrogens is 2. The highest BCUT2D eigenvalue weighted by molar-refractivity contribution is 5.55. The molecule has 2 rings (SSSR count). The van der Waals surface area contributed by atoms with Gasteiger partial charge in [-0.2, -0.15) is 4.98 Å². The third-order valence-electron chi connectivity index (χ3n) is 2.86. The molecule has 1 aromatic heterocycles. The summed E-state index contributed by atoms with van der Waals surface area (Å²) in [4.78, 5) is 4.38. The van der Waals surface area contributed by atoms with E-state index in [4.69, 9.17) is 15.0 Å². The molecule has 1 heterocycles. The number of rotatable bonds is 4. The Kier molecular flexibility index (Phi) is 3.34. The number of hydrogen-bond donors (Lipinski definition) is 1. The van der Waals surface area contributed by atoms with Gasteiger partial charge >= 0.3 is 0 Å². The Morgan fingerprint density at radius 2 is 1.94 bits per heavy atom. The number of nitrogens with two attached hydrogens (primary N) is 1. The van der Waals surface area contributed by atoms with Crippen molar-refractivity contribution in [2.75, 3.05) is 13.7 Å². The van der Waals surface area contributed by atoms with Crippen LogP contribution in [0.25, 0.3) is 11.4 Å². The smallest absolute Gasteiger partial charge is 0.233 e. The predicted molar refractivity (Wildman–Crippen MR) is 68.4 cm³/mol. The Balaban J connectivity index is 2.29. The second kappa shape index (κ2) is 4.78. The molecule has 0 atom stereocenters. The van der Waals surface area contributed by atoms with Crippen LogP contribution in [0, 0.1) is 0 Å². The summed E-state index contributed by atoms with van der Waals surface area (Å²) in [5.74, 6) is 1.91. The quantitative estimate of drug-likeness (QED) is 0.894. The zero-order chi connectivity index (χ0) is 13.2. The first-order chi connectivity index (χ1) is 8.56. The van der Waals surface area contributed by atoms with Crippen LogP contribution in [0.1, 0.15) is 19.7 Å². The Morgan fingerprint density at radius 1 is 1.28 bits per heavy atom. The second-order valence-corrected chi connectivity index (χ2v) is 4.74. The molecule has 96 valence electrons. The van der Waals surface area contributed by atoms with Gasteiger partial charge in [0.25, 0.3) is 0 Å². The summed E-state index contributed by atoms with van der Waals surface area (Å²) in [5.41, 5.74) is 6.26. The molecule has 0 radical (unpaired) electrons. The van der Waals surface area contributed by atoms with Crippen molar-refractivity contribution in [1.82, 2.24) is 10.1 Å². The van der Waals surface area contributed by atoms with Crippen molar-refractivity contribution in [3.63, 3.8) is 0 Å². The standard InChI is InChI=1S/C13H17N3O2/c1-13(2,8-14)12-15-11(16-18-12)9-4-6-10(17-3)7-5-9/h4-7H,8,14H2,1-3H3. The number of benzene rings is 1. The van der Waals surface area contributed by atoms with Gasteiger partial charge in [-0.1, -0.05) is 5.16 Å². The molecule has 0 saturated carbocycles. The van der Waals surface area contributed by atoms with Crippen LogP contribution >= 0.6 is 0 Å². The summed E-state index contributed by atoms with van der Waals surface area (Å²) in [6.45, 7) is 4.40. The molecule has 18 heavy (non-hydrogen) atoms. The van der Waals surface area contributed by atoms with E-state index in [1.165, 1.54) is 0 Å². The topological polar surface area (TPSA) is 74.2 Å². The fraction of sp³-hybridized carbons (Fsp3) is 0.385. The van der Waals surface area contributed by atoms with Gasteiger partial charge in [0, 0.05) is 12.1 Å². The Bertz CT molecular complexity index is 517. The zero-order valence-corrected chi connectivity index (χ0v) is 10.8. The van der Waals surface area contributed by atoms with Crippen LogP contribution in [0.4, 0.5) is 0 Å². The maximum absolute atomic E-state index is 5.68. The lowest BCUT2D eigenvalue weighted by Crippen LogP contribution is -2.28. The van der Waals surface area contributed by atoms with E-state index in [-0.39, 0.29) is 5.41 Å². The Hall–Kier alpha value is -1.88. The van der Waals surface area contributed by atoms with Crippen molar-refractivity contribution < 1.29 is 9.26 Å². The molecule has 0 bridgehead atoms. The molecule has 5 nitrogen and oxygen atoms in total. The highest BCUT2D eigenvalue weighted by Gasteiger charge is 2.26. The van der Waals surface area contributed by atoms with E-state index in [0.29, 0.717) is 18.3 Å². The zero-order valence-electron chi connectivity index (χ0n) is 10.8. The molecule has 0 aliphatic rings. The molecule has 0 spiro atoms. The van der Waals surface area contributed by atoms with Crippen LogP contribution in [-0.2, 0) is 5.41 Å². The van der Waals surface area contributed by atoms with Gasteiger partial charge in [-0.15, -0.1) is 0 Å². The molecular weight excluding hydrogens is 230 g/mol. The van der Waals surface area contributed by atoms with E-state index in [1.807, 2.05) is 38.1 Å². The monoisotopic (exact) mass is 247 g/mol. The van der Waals surface area contributed by atoms with E-state index in [2.05, 4.69) is 10.1 Å². The fourth-order valence-electron chi connectivity index (χ4n) is 1.44. The number of nitrogens with zero attached hydrogens (tertiary/aromatic N) is 2. The summed E-state index contributed by atoms with van der Waals surface area (Å²) >= 11 is 0. The van der Waals surface area contributed by atoms with E-state index in [9.17, 15) is 0 Å². The molecule has 0 aliphatic heterocycles. The van der Waals surface area contributed by atoms with Crippen LogP contribution in [0.3, 0.4) is 0 Å². The molecule has 0 unspecified atom stereocenters. The lowest BCUT2D eigenvalue weighted by molar-refractivity contribution is 0.311. The van der Waals surface area contributed by atoms with Gasteiger partial charge in [-0.05, 0) is 38.1 Å². The maximum Gasteiger partial charge on any atom is 0.233 e. The summed E-state index contributed by atoms with van der Waals surface area (Å²) in [6, 6.07) is 7.50. The summed E-state index contributed by atoms with van der Waals surface area (Å²) < 4.78 is 10.4. The molecule has 0 saturated heterocycles. The third-order valence-corrected chi connectivity index (χ3v) is 2.86. The molecule has 2 aromatic rings. The Labute approximate surface area is 106 Å². The second-order valence-electron chi connectivity index (χ2n) is 4.74. The van der Waals surface area contributed by atoms with Gasteiger partial charge in [-0.3, -0.25) is 0 Å². The van der Waals surface area contributed by atoms with E-state index in [1.54, 1.807) is 7.11 Å². The van der Waals surface area contributed by atoms with Crippen molar-refractivity contribution in [1.29, 1.82) is 0 Å². The number of methoxy groups -OCH3 is 1. The number of ether oxygens (including phenoxy) is 1. The van der Waals surface area contributed by atoms with Crippen LogP contribution < -0.4 is 10.5 Å². The van der Waals surface area contributed by atoms with Crippen LogP contribution in [0.2, 0.25) is 0 Å². The first-order valence-electron chi connectivity index (χ1n) is 5.75. The first-order valence-corrected chi connectivity index (χ1v) is 5.75. The molecule has 0 aliphatic carbocycles. The van der Waals surface area contributed by atoms with E-state index in [0.717, 1.165) is 11.3 Å². The van der Waals surface area contributed by atoms with Crippen molar-refractivity contribution in [2.24, 2.45) is 5.73 Å². The van der Waals surface area contributed by atoms with Crippen molar-refractivity contribution in [2.45, 2.75) is 19.3 Å². The minimum Gasteiger partial charge on any atom is -0.497 e. The van der Waals surface area contributed by atoms with Crippen LogP contribution in [0.15, 0.2) is 28.8 Å². The molecule has 0 amide bonds. The normalized spacial score (nSPS) is 11.6. The van der Waals surface area contributed by atoms with Gasteiger partial charge in [-0.25, -0.2) is 0 Å². The summed E-state index contributed by atoms with van der Waals surface area (Å²) in [7, 11) is 1.63. The van der Waals surface area contributed by atoms with Crippen molar-refractivity contribution in [3.8, 4) is 17.1 Å².